The Morgan fingerprint density at radius 2 is 1.84 bits per heavy atom. The molecule has 0 saturated carbocycles. The molecule has 3 aromatic rings. The van der Waals surface area contributed by atoms with Gasteiger partial charge in [-0.1, -0.05) is 58.7 Å². The van der Waals surface area contributed by atoms with E-state index in [-0.39, 0.29) is 29.4 Å². The van der Waals surface area contributed by atoms with E-state index in [4.69, 9.17) is 28.6 Å². The maximum absolute atomic E-state index is 13.8. The Kier molecular flexibility index (Phi) is 9.20. The molecule has 1 unspecified atom stereocenters. The van der Waals surface area contributed by atoms with Crippen LogP contribution in [0.1, 0.15) is 5.56 Å². The molecule has 1 aliphatic carbocycles. The monoisotopic (exact) mass is 648 g/mol. The Hall–Kier alpha value is -4.76. The van der Waals surface area contributed by atoms with Crippen LogP contribution in [0.5, 0.6) is 0 Å². The molecular weight excluding hydrogens is 622 g/mol. The highest BCUT2D eigenvalue weighted by Gasteiger charge is 2.39. The van der Waals surface area contributed by atoms with Crippen molar-refractivity contribution in [1.82, 2.24) is 30.5 Å². The summed E-state index contributed by atoms with van der Waals surface area (Å²) in [6.45, 7) is -0.763. The van der Waals surface area contributed by atoms with E-state index in [1.807, 2.05) is 30.3 Å². The summed E-state index contributed by atoms with van der Waals surface area (Å²) in [6, 6.07) is 12.8. The summed E-state index contributed by atoms with van der Waals surface area (Å²) >= 11 is 12.2. The molecule has 5 rings (SSSR count). The van der Waals surface area contributed by atoms with Crippen LogP contribution in [0.15, 0.2) is 90.4 Å². The van der Waals surface area contributed by atoms with Gasteiger partial charge < -0.3 is 31.2 Å². The lowest BCUT2D eigenvalue weighted by molar-refractivity contribution is -0.145. The highest BCUT2D eigenvalue weighted by molar-refractivity contribution is 6.31. The van der Waals surface area contributed by atoms with E-state index >= 15 is 0 Å². The number of nitrogens with zero attached hydrogens (tertiary/aromatic N) is 5. The second-order valence-corrected chi connectivity index (χ2v) is 11.3. The van der Waals surface area contributed by atoms with E-state index in [9.17, 15) is 24.6 Å². The lowest BCUT2D eigenvalue weighted by Crippen LogP contribution is -2.60. The molecule has 45 heavy (non-hydrogen) atoms. The summed E-state index contributed by atoms with van der Waals surface area (Å²) in [4.78, 5) is 43.7. The van der Waals surface area contributed by atoms with E-state index < -0.39 is 36.1 Å². The molecule has 16 heteroatoms. The average Bonchev–Trinajstić information content (AvgIpc) is 3.43. The number of carbonyl (C=O) groups is 3. The van der Waals surface area contributed by atoms with Crippen LogP contribution < -0.4 is 15.5 Å². The van der Waals surface area contributed by atoms with Gasteiger partial charge in [0.1, 0.15) is 19.1 Å². The lowest BCUT2D eigenvalue weighted by atomic mass is 10.0. The van der Waals surface area contributed by atoms with Crippen molar-refractivity contribution in [1.29, 1.82) is 5.41 Å². The molecule has 230 valence electrons. The Morgan fingerprint density at radius 1 is 1.09 bits per heavy atom. The van der Waals surface area contributed by atoms with E-state index in [2.05, 4.69) is 20.9 Å². The lowest BCUT2D eigenvalue weighted by Gasteiger charge is -2.38. The van der Waals surface area contributed by atoms with Crippen LogP contribution in [0.2, 0.25) is 10.2 Å². The number of rotatable bonds is 9. The van der Waals surface area contributed by atoms with Crippen molar-refractivity contribution in [2.24, 2.45) is 0 Å². The van der Waals surface area contributed by atoms with Gasteiger partial charge in [-0.2, -0.15) is 0 Å². The third kappa shape index (κ3) is 7.67. The Morgan fingerprint density at radius 3 is 2.53 bits per heavy atom. The summed E-state index contributed by atoms with van der Waals surface area (Å²) in [6.07, 6.45) is 7.22. The van der Waals surface area contributed by atoms with Crippen molar-refractivity contribution in [3.8, 4) is 5.69 Å². The SMILES string of the molecule is BC(O)(O)N/C=C1/C=C(NC(=O)C(Cc2ccccc2)N2CC(=O)N(c3cc(Cl)ccc3-n3cc(Cl)nn3)CC2=O)C=CC1=N. The van der Waals surface area contributed by atoms with Gasteiger partial charge in [-0.3, -0.25) is 19.3 Å². The van der Waals surface area contributed by atoms with Gasteiger partial charge in [0.15, 0.2) is 11.0 Å². The second-order valence-electron chi connectivity index (χ2n) is 10.4. The largest absolute Gasteiger partial charge is 0.357 e. The third-order valence-corrected chi connectivity index (χ3v) is 7.34. The number of aliphatic hydroxyl groups is 2. The van der Waals surface area contributed by atoms with Gasteiger partial charge in [-0.15, -0.1) is 5.10 Å². The molecule has 3 amide bonds. The van der Waals surface area contributed by atoms with Crippen LogP contribution in [0, 0.1) is 5.41 Å². The van der Waals surface area contributed by atoms with Crippen LogP contribution in [0.3, 0.4) is 0 Å². The number of benzene rings is 2. The standard InChI is InChI=1S/C29H27BCl2N8O5/c30-29(44,45)34-13-18-11-20(7-8-21(18)33)35-28(43)24(10-17-4-2-1-3-5-17)39-16-26(41)38(15-27(39)42)23-12-19(31)6-9-22(23)40-14-25(32)36-37-40/h1-9,11-14,24,33-34,44-45H,10,15-16,30H2,(H,35,43)/b18-13-,33-21?. The van der Waals surface area contributed by atoms with Gasteiger partial charge in [0, 0.05) is 28.9 Å². The van der Waals surface area contributed by atoms with Crippen LogP contribution >= 0.6 is 23.2 Å². The minimum absolute atomic E-state index is 0.0658. The molecule has 1 aromatic heterocycles. The third-order valence-electron chi connectivity index (χ3n) is 6.93. The Labute approximate surface area is 268 Å². The number of allylic oxidation sites excluding steroid dienone is 4. The minimum Gasteiger partial charge on any atom is -0.357 e. The number of anilines is 1. The highest BCUT2D eigenvalue weighted by atomic mass is 35.5. The molecule has 0 radical (unpaired) electrons. The van der Waals surface area contributed by atoms with Gasteiger partial charge in [0.25, 0.3) is 0 Å². The smallest absolute Gasteiger partial charge is 0.247 e. The van der Waals surface area contributed by atoms with Crippen molar-refractivity contribution in [3.63, 3.8) is 0 Å². The summed E-state index contributed by atoms with van der Waals surface area (Å²) in [5, 5.41) is 40.6. The number of piperazine rings is 1. The first-order valence-corrected chi connectivity index (χ1v) is 14.4. The minimum atomic E-state index is -2.21. The maximum Gasteiger partial charge on any atom is 0.247 e. The fourth-order valence-corrected chi connectivity index (χ4v) is 5.08. The first-order chi connectivity index (χ1) is 21.4. The first-order valence-electron chi connectivity index (χ1n) is 13.6. The normalized spacial score (nSPS) is 17.0. The molecule has 2 heterocycles. The van der Waals surface area contributed by atoms with Crippen molar-refractivity contribution >= 4 is 60.2 Å². The van der Waals surface area contributed by atoms with Gasteiger partial charge >= 0.3 is 0 Å². The molecule has 13 nitrogen and oxygen atoms in total. The van der Waals surface area contributed by atoms with Gasteiger partial charge in [-0.05, 0) is 42.0 Å². The molecule has 1 atom stereocenters. The Balaban J connectivity index is 1.41. The number of nitrogens with one attached hydrogen (secondary N) is 3. The highest BCUT2D eigenvalue weighted by Crippen LogP contribution is 2.30. The fourth-order valence-electron chi connectivity index (χ4n) is 4.79. The van der Waals surface area contributed by atoms with Crippen LogP contribution in [-0.2, 0) is 20.8 Å². The van der Waals surface area contributed by atoms with E-state index in [0.29, 0.717) is 22.1 Å². The molecule has 2 aromatic carbocycles. The number of halogens is 2. The maximum atomic E-state index is 13.8. The zero-order chi connectivity index (χ0) is 32.3. The molecule has 1 saturated heterocycles. The molecule has 5 N–H and O–H groups in total. The molecule has 1 fully saturated rings. The predicted molar refractivity (Wildman–Crippen MR) is 169 cm³/mol. The first kappa shape index (κ1) is 31.7. The molecule has 0 bridgehead atoms. The summed E-state index contributed by atoms with van der Waals surface area (Å²) in [5.41, 5.74) is 2.15. The predicted octanol–water partition coefficient (Wildman–Crippen LogP) is 0.653. The van der Waals surface area contributed by atoms with Crippen molar-refractivity contribution in [2.45, 2.75) is 18.3 Å². The number of hydrogen-bond donors (Lipinski definition) is 5. The summed E-state index contributed by atoms with van der Waals surface area (Å²) < 4.78 is 1.37. The van der Waals surface area contributed by atoms with Crippen LogP contribution in [0.25, 0.3) is 5.69 Å². The quantitative estimate of drug-likeness (QED) is 0.166. The summed E-state index contributed by atoms with van der Waals surface area (Å²) in [7, 11) is 1.11. The average molecular weight is 649 g/mol. The van der Waals surface area contributed by atoms with Crippen molar-refractivity contribution < 1.29 is 24.6 Å². The van der Waals surface area contributed by atoms with E-state index in [1.165, 1.54) is 51.2 Å². The topological polar surface area (TPSA) is 177 Å². The van der Waals surface area contributed by atoms with E-state index in [0.717, 1.165) is 13.4 Å². The number of hydrogen-bond acceptors (Lipinski definition) is 9. The number of carbonyl (C=O) groups excluding carboxylic acids is 3. The second kappa shape index (κ2) is 13.1. The molecule has 2 aliphatic rings. The Bertz CT molecular complexity index is 1750. The zero-order valence-corrected chi connectivity index (χ0v) is 25.3. The number of amides is 3. The van der Waals surface area contributed by atoms with Crippen molar-refractivity contribution in [3.05, 3.63) is 106 Å². The molecule has 0 spiro atoms. The van der Waals surface area contributed by atoms with Crippen LogP contribution in [-0.4, -0.2) is 86.3 Å². The van der Waals surface area contributed by atoms with E-state index in [1.54, 1.807) is 12.1 Å². The molecular formula is C29H27BCl2N8O5. The number of aromatic nitrogens is 3. The van der Waals surface area contributed by atoms with Gasteiger partial charge in [-0.25, -0.2) is 4.68 Å². The zero-order valence-electron chi connectivity index (χ0n) is 23.8. The molecule has 1 aliphatic heterocycles. The fraction of sp³-hybridized carbons (Fsp3) is 0.172. The van der Waals surface area contributed by atoms with Crippen molar-refractivity contribution in [2.75, 3.05) is 18.0 Å². The summed E-state index contributed by atoms with van der Waals surface area (Å²) in [5.74, 6) is -3.69. The van der Waals surface area contributed by atoms with Crippen LogP contribution in [0.4, 0.5) is 5.69 Å². The van der Waals surface area contributed by atoms with Gasteiger partial charge in [0.2, 0.25) is 25.6 Å². The van der Waals surface area contributed by atoms with Gasteiger partial charge in [0.05, 0.1) is 23.3 Å².